The number of benzene rings is 1. The van der Waals surface area contributed by atoms with Gasteiger partial charge in [-0.2, -0.15) is 11.3 Å². The molecule has 0 saturated heterocycles. The summed E-state index contributed by atoms with van der Waals surface area (Å²) in [5, 5.41) is 18.1. The summed E-state index contributed by atoms with van der Waals surface area (Å²) in [4.78, 5) is 5.70. The van der Waals surface area contributed by atoms with Gasteiger partial charge in [0.25, 0.3) is 0 Å². The highest BCUT2D eigenvalue weighted by Gasteiger charge is 2.11. The smallest absolute Gasteiger partial charge is 0.124 e. The number of aliphatic hydroxyl groups excluding tert-OH is 1. The highest BCUT2D eigenvalue weighted by atomic mass is 32.1. The van der Waals surface area contributed by atoms with E-state index in [2.05, 4.69) is 39.3 Å². The molecule has 0 aliphatic rings. The maximum atomic E-state index is 9.28. The van der Waals surface area contributed by atoms with Crippen LogP contribution < -0.4 is 5.32 Å². The van der Waals surface area contributed by atoms with Crippen LogP contribution in [0.4, 0.5) is 0 Å². The Morgan fingerprint density at radius 1 is 1.18 bits per heavy atom. The first-order chi connectivity index (χ1) is 10.9. The van der Waals surface area contributed by atoms with Gasteiger partial charge in [-0.1, -0.05) is 30.3 Å². The lowest BCUT2D eigenvalue weighted by Gasteiger charge is -2.17. The van der Waals surface area contributed by atoms with Crippen molar-refractivity contribution in [2.24, 2.45) is 0 Å². The molecule has 1 atom stereocenters. The van der Waals surface area contributed by atoms with E-state index >= 15 is 0 Å². The van der Waals surface area contributed by atoms with Gasteiger partial charge in [-0.05, 0) is 23.4 Å². The molecule has 0 spiro atoms. The van der Waals surface area contributed by atoms with Gasteiger partial charge >= 0.3 is 0 Å². The fourth-order valence-corrected chi connectivity index (χ4v) is 3.91. The summed E-state index contributed by atoms with van der Waals surface area (Å²) in [6.45, 7) is 0.941. The maximum absolute atomic E-state index is 9.28. The lowest BCUT2D eigenvalue weighted by molar-refractivity contribution is 0.265. The second-order valence-electron chi connectivity index (χ2n) is 5.00. The molecule has 0 saturated carbocycles. The minimum atomic E-state index is 0.165. The van der Waals surface area contributed by atoms with Crippen molar-refractivity contribution >= 4 is 22.7 Å². The second-order valence-corrected chi connectivity index (χ2v) is 6.90. The SMILES string of the molecule is OCC[C@@H](NCc1cnc(-c2ccsc2)s1)c1ccccc1. The van der Waals surface area contributed by atoms with Crippen LogP contribution in [0.2, 0.25) is 0 Å². The number of hydrogen-bond donors (Lipinski definition) is 2. The van der Waals surface area contributed by atoms with Crippen molar-refractivity contribution in [2.45, 2.75) is 19.0 Å². The summed E-state index contributed by atoms with van der Waals surface area (Å²) in [7, 11) is 0. The molecule has 0 fully saturated rings. The molecule has 0 bridgehead atoms. The van der Waals surface area contributed by atoms with E-state index in [-0.39, 0.29) is 12.6 Å². The molecular weight excluding hydrogens is 312 g/mol. The lowest BCUT2D eigenvalue weighted by atomic mass is 10.0. The molecule has 3 nitrogen and oxygen atoms in total. The summed E-state index contributed by atoms with van der Waals surface area (Å²) in [6, 6.07) is 12.5. The maximum Gasteiger partial charge on any atom is 0.124 e. The van der Waals surface area contributed by atoms with Crippen LogP contribution in [0.3, 0.4) is 0 Å². The molecule has 114 valence electrons. The van der Waals surface area contributed by atoms with Crippen molar-refractivity contribution in [3.63, 3.8) is 0 Å². The number of aliphatic hydroxyl groups is 1. The normalized spacial score (nSPS) is 12.4. The molecule has 2 aromatic heterocycles. The zero-order valence-electron chi connectivity index (χ0n) is 12.1. The Kier molecular flexibility index (Phi) is 5.34. The minimum Gasteiger partial charge on any atom is -0.396 e. The predicted molar refractivity (Wildman–Crippen MR) is 93.2 cm³/mol. The van der Waals surface area contributed by atoms with E-state index in [4.69, 9.17) is 0 Å². The van der Waals surface area contributed by atoms with Gasteiger partial charge in [0, 0.05) is 41.2 Å². The highest BCUT2D eigenvalue weighted by molar-refractivity contribution is 7.15. The number of thiophene rings is 1. The summed E-state index contributed by atoms with van der Waals surface area (Å²) in [5.74, 6) is 0. The number of hydrogen-bond acceptors (Lipinski definition) is 5. The quantitative estimate of drug-likeness (QED) is 0.686. The van der Waals surface area contributed by atoms with Crippen LogP contribution in [0.5, 0.6) is 0 Å². The molecule has 2 heterocycles. The summed E-state index contributed by atoms with van der Waals surface area (Å²) in [5.41, 5.74) is 2.40. The van der Waals surface area contributed by atoms with Crippen LogP contribution in [0.1, 0.15) is 22.9 Å². The van der Waals surface area contributed by atoms with Gasteiger partial charge in [-0.25, -0.2) is 4.98 Å². The Bertz CT molecular complexity index is 680. The molecule has 0 aliphatic carbocycles. The topological polar surface area (TPSA) is 45.1 Å². The van der Waals surface area contributed by atoms with E-state index in [1.54, 1.807) is 22.7 Å². The lowest BCUT2D eigenvalue weighted by Crippen LogP contribution is -2.21. The van der Waals surface area contributed by atoms with Gasteiger partial charge < -0.3 is 10.4 Å². The van der Waals surface area contributed by atoms with E-state index in [0.29, 0.717) is 6.42 Å². The zero-order chi connectivity index (χ0) is 15.2. The van der Waals surface area contributed by atoms with Crippen molar-refractivity contribution in [1.82, 2.24) is 10.3 Å². The van der Waals surface area contributed by atoms with E-state index in [1.165, 1.54) is 16.0 Å². The number of thiazole rings is 1. The zero-order valence-corrected chi connectivity index (χ0v) is 13.7. The predicted octanol–water partition coefficient (Wildman–Crippen LogP) is 4.08. The Balaban J connectivity index is 1.65. The van der Waals surface area contributed by atoms with Gasteiger partial charge in [-0.15, -0.1) is 11.3 Å². The minimum absolute atomic E-state index is 0.165. The molecule has 3 rings (SSSR count). The average molecular weight is 330 g/mol. The van der Waals surface area contributed by atoms with Crippen molar-refractivity contribution < 1.29 is 5.11 Å². The van der Waals surface area contributed by atoms with E-state index < -0.39 is 0 Å². The van der Waals surface area contributed by atoms with Gasteiger partial charge in [0.1, 0.15) is 5.01 Å². The number of rotatable bonds is 7. The van der Waals surface area contributed by atoms with Gasteiger partial charge in [-0.3, -0.25) is 0 Å². The van der Waals surface area contributed by atoms with E-state index in [0.717, 1.165) is 11.6 Å². The van der Waals surface area contributed by atoms with E-state index in [9.17, 15) is 5.11 Å². The Morgan fingerprint density at radius 3 is 2.77 bits per heavy atom. The third-order valence-electron chi connectivity index (χ3n) is 3.46. The highest BCUT2D eigenvalue weighted by Crippen LogP contribution is 2.27. The van der Waals surface area contributed by atoms with Crippen LogP contribution in [0.25, 0.3) is 10.6 Å². The first-order valence-electron chi connectivity index (χ1n) is 7.23. The van der Waals surface area contributed by atoms with E-state index in [1.807, 2.05) is 24.4 Å². The van der Waals surface area contributed by atoms with Gasteiger partial charge in [0.05, 0.1) is 0 Å². The summed E-state index contributed by atoms with van der Waals surface area (Å²) < 4.78 is 0. The number of nitrogens with zero attached hydrogens (tertiary/aromatic N) is 1. The van der Waals surface area contributed by atoms with Crippen molar-refractivity contribution in [3.8, 4) is 10.6 Å². The van der Waals surface area contributed by atoms with Crippen LogP contribution in [0.15, 0.2) is 53.4 Å². The molecule has 0 amide bonds. The molecule has 1 aromatic carbocycles. The molecule has 5 heteroatoms. The van der Waals surface area contributed by atoms with Crippen molar-refractivity contribution in [3.05, 3.63) is 63.8 Å². The Labute approximate surface area is 138 Å². The first-order valence-corrected chi connectivity index (χ1v) is 8.99. The molecular formula is C17H18N2OS2. The fourth-order valence-electron chi connectivity index (χ4n) is 2.33. The molecule has 22 heavy (non-hydrogen) atoms. The fraction of sp³-hybridized carbons (Fsp3) is 0.235. The Hall–Kier alpha value is -1.53. The van der Waals surface area contributed by atoms with Crippen LogP contribution in [-0.2, 0) is 6.54 Å². The summed E-state index contributed by atoms with van der Waals surface area (Å²) in [6.07, 6.45) is 2.64. The van der Waals surface area contributed by atoms with Crippen molar-refractivity contribution in [1.29, 1.82) is 0 Å². The van der Waals surface area contributed by atoms with Gasteiger partial charge in [0.2, 0.25) is 0 Å². The summed E-state index contributed by atoms with van der Waals surface area (Å²) >= 11 is 3.41. The van der Waals surface area contributed by atoms with Gasteiger partial charge in [0.15, 0.2) is 0 Å². The van der Waals surface area contributed by atoms with Crippen LogP contribution in [-0.4, -0.2) is 16.7 Å². The van der Waals surface area contributed by atoms with Crippen LogP contribution in [0, 0.1) is 0 Å². The Morgan fingerprint density at radius 2 is 2.05 bits per heavy atom. The van der Waals surface area contributed by atoms with Crippen molar-refractivity contribution in [2.75, 3.05) is 6.61 Å². The third kappa shape index (κ3) is 3.81. The number of aromatic nitrogens is 1. The largest absolute Gasteiger partial charge is 0.396 e. The third-order valence-corrected chi connectivity index (χ3v) is 5.19. The first kappa shape index (κ1) is 15.4. The standard InChI is InChI=1S/C17H18N2OS2/c20-8-6-16(13-4-2-1-3-5-13)18-10-15-11-19-17(22-15)14-7-9-21-12-14/h1-5,7,9,11-12,16,18,20H,6,8,10H2/t16-/m1/s1. The van der Waals surface area contributed by atoms with Crippen LogP contribution >= 0.6 is 22.7 Å². The second kappa shape index (κ2) is 7.65. The molecule has 0 aliphatic heterocycles. The number of nitrogens with one attached hydrogen (secondary N) is 1. The molecule has 3 aromatic rings. The molecule has 0 unspecified atom stereocenters. The average Bonchev–Trinajstić information content (AvgIpc) is 3.23. The molecule has 0 radical (unpaired) electrons. The molecule has 2 N–H and O–H groups in total. The monoisotopic (exact) mass is 330 g/mol.